The number of nitrogens with one attached hydrogen (secondary N) is 1. The van der Waals surface area contributed by atoms with Crippen molar-refractivity contribution in [2.45, 2.75) is 20.8 Å². The number of carbonyl (C=O) groups excluding carboxylic acids is 1. The summed E-state index contributed by atoms with van der Waals surface area (Å²) in [5, 5.41) is 2.82. The third-order valence-electron chi connectivity index (χ3n) is 3.11. The fourth-order valence-corrected chi connectivity index (χ4v) is 2.78. The molecule has 0 heterocycles. The van der Waals surface area contributed by atoms with Crippen LogP contribution in [0.3, 0.4) is 0 Å². The van der Waals surface area contributed by atoms with Crippen molar-refractivity contribution >= 4 is 27.5 Å². The molecule has 0 aliphatic rings. The number of anilines is 1. The van der Waals surface area contributed by atoms with Crippen LogP contribution < -0.4 is 10.1 Å². The normalized spacial score (nSPS) is 10.3. The molecule has 0 saturated carbocycles. The summed E-state index contributed by atoms with van der Waals surface area (Å²) in [7, 11) is 0. The zero-order valence-corrected chi connectivity index (χ0v) is 14.0. The number of carbonyl (C=O) groups is 1. The summed E-state index contributed by atoms with van der Waals surface area (Å²) in [4.78, 5) is 11.9. The Morgan fingerprint density at radius 2 is 1.67 bits per heavy atom. The molecular weight excluding hydrogens is 330 g/mol. The zero-order valence-electron chi connectivity index (χ0n) is 12.4. The van der Waals surface area contributed by atoms with E-state index in [1.54, 1.807) is 0 Å². The Kier molecular flexibility index (Phi) is 5.02. The average Bonchev–Trinajstić information content (AvgIpc) is 2.40. The fraction of sp³-hybridized carbons (Fsp3) is 0.235. The van der Waals surface area contributed by atoms with Crippen LogP contribution in [0.1, 0.15) is 16.7 Å². The standard InChI is InChI=1S/C17H18BrNO2/c1-11-4-6-15(7-5-11)19-16(20)10-21-17-12(2)8-14(18)9-13(17)3/h4-9H,10H2,1-3H3,(H,19,20). The first-order valence-electron chi connectivity index (χ1n) is 6.72. The van der Waals surface area contributed by atoms with Crippen LogP contribution >= 0.6 is 15.9 Å². The monoisotopic (exact) mass is 347 g/mol. The van der Waals surface area contributed by atoms with Crippen LogP contribution in [0.25, 0.3) is 0 Å². The van der Waals surface area contributed by atoms with Crippen LogP contribution in [0.2, 0.25) is 0 Å². The Morgan fingerprint density at radius 1 is 1.10 bits per heavy atom. The molecule has 0 radical (unpaired) electrons. The van der Waals surface area contributed by atoms with Crippen molar-refractivity contribution in [1.82, 2.24) is 0 Å². The van der Waals surface area contributed by atoms with E-state index in [2.05, 4.69) is 21.2 Å². The molecule has 21 heavy (non-hydrogen) atoms. The summed E-state index contributed by atoms with van der Waals surface area (Å²) in [6.45, 7) is 5.93. The van der Waals surface area contributed by atoms with Gasteiger partial charge in [0.25, 0.3) is 5.91 Å². The molecule has 0 unspecified atom stereocenters. The summed E-state index contributed by atoms with van der Waals surface area (Å²) in [5.41, 5.74) is 3.94. The average molecular weight is 348 g/mol. The summed E-state index contributed by atoms with van der Waals surface area (Å²) < 4.78 is 6.66. The molecule has 0 spiro atoms. The smallest absolute Gasteiger partial charge is 0.262 e. The number of ether oxygens (including phenoxy) is 1. The van der Waals surface area contributed by atoms with E-state index in [-0.39, 0.29) is 12.5 Å². The first-order chi connectivity index (χ1) is 9.95. The van der Waals surface area contributed by atoms with Gasteiger partial charge in [0.05, 0.1) is 0 Å². The Labute approximate surface area is 133 Å². The third-order valence-corrected chi connectivity index (χ3v) is 3.57. The number of aryl methyl sites for hydroxylation is 3. The predicted molar refractivity (Wildman–Crippen MR) is 88.9 cm³/mol. The lowest BCUT2D eigenvalue weighted by Gasteiger charge is -2.12. The molecule has 0 aliphatic heterocycles. The van der Waals surface area contributed by atoms with Gasteiger partial charge in [0.1, 0.15) is 5.75 Å². The maximum atomic E-state index is 11.9. The van der Waals surface area contributed by atoms with Crippen LogP contribution in [0, 0.1) is 20.8 Å². The van der Waals surface area contributed by atoms with Gasteiger partial charge in [0, 0.05) is 10.2 Å². The fourth-order valence-electron chi connectivity index (χ4n) is 2.10. The van der Waals surface area contributed by atoms with Crippen LogP contribution in [0.15, 0.2) is 40.9 Å². The van der Waals surface area contributed by atoms with Gasteiger partial charge < -0.3 is 10.1 Å². The first-order valence-corrected chi connectivity index (χ1v) is 7.51. The van der Waals surface area contributed by atoms with Crippen molar-refractivity contribution < 1.29 is 9.53 Å². The Bertz CT molecular complexity index is 627. The van der Waals surface area contributed by atoms with E-state index in [1.165, 1.54) is 0 Å². The second-order valence-corrected chi connectivity index (χ2v) is 5.99. The molecule has 2 aromatic carbocycles. The van der Waals surface area contributed by atoms with Crippen molar-refractivity contribution in [2.75, 3.05) is 11.9 Å². The predicted octanol–water partition coefficient (Wildman–Crippen LogP) is 4.39. The van der Waals surface area contributed by atoms with Gasteiger partial charge in [-0.05, 0) is 56.2 Å². The molecule has 0 aliphatic carbocycles. The lowest BCUT2D eigenvalue weighted by molar-refractivity contribution is -0.118. The number of halogens is 1. The van der Waals surface area contributed by atoms with Crippen molar-refractivity contribution in [3.8, 4) is 5.75 Å². The van der Waals surface area contributed by atoms with Gasteiger partial charge in [0.2, 0.25) is 0 Å². The van der Waals surface area contributed by atoms with Crippen molar-refractivity contribution in [3.63, 3.8) is 0 Å². The largest absolute Gasteiger partial charge is 0.483 e. The molecule has 2 rings (SSSR count). The van der Waals surface area contributed by atoms with Crippen LogP contribution in [-0.4, -0.2) is 12.5 Å². The second-order valence-electron chi connectivity index (χ2n) is 5.07. The lowest BCUT2D eigenvalue weighted by Crippen LogP contribution is -2.20. The highest BCUT2D eigenvalue weighted by Gasteiger charge is 2.09. The Balaban J connectivity index is 1.97. The third kappa shape index (κ3) is 4.33. The van der Waals surface area contributed by atoms with Crippen molar-refractivity contribution in [2.24, 2.45) is 0 Å². The molecule has 4 heteroatoms. The minimum Gasteiger partial charge on any atom is -0.483 e. The quantitative estimate of drug-likeness (QED) is 0.890. The van der Waals surface area contributed by atoms with E-state index >= 15 is 0 Å². The van der Waals surface area contributed by atoms with Crippen LogP contribution in [0.5, 0.6) is 5.75 Å². The molecule has 2 aromatic rings. The SMILES string of the molecule is Cc1ccc(NC(=O)COc2c(C)cc(Br)cc2C)cc1. The summed E-state index contributed by atoms with van der Waals surface area (Å²) in [6, 6.07) is 11.6. The van der Waals surface area contributed by atoms with E-state index in [9.17, 15) is 4.79 Å². The lowest BCUT2D eigenvalue weighted by atomic mass is 10.1. The van der Waals surface area contributed by atoms with Gasteiger partial charge in [-0.15, -0.1) is 0 Å². The summed E-state index contributed by atoms with van der Waals surface area (Å²) in [5.74, 6) is 0.595. The summed E-state index contributed by atoms with van der Waals surface area (Å²) in [6.07, 6.45) is 0. The Hall–Kier alpha value is -1.81. The molecule has 0 aromatic heterocycles. The van der Waals surface area contributed by atoms with E-state index in [4.69, 9.17) is 4.74 Å². The highest BCUT2D eigenvalue weighted by Crippen LogP contribution is 2.27. The van der Waals surface area contributed by atoms with Gasteiger partial charge in [-0.1, -0.05) is 33.6 Å². The van der Waals surface area contributed by atoms with Crippen molar-refractivity contribution in [3.05, 3.63) is 57.6 Å². The maximum absolute atomic E-state index is 11.9. The highest BCUT2D eigenvalue weighted by molar-refractivity contribution is 9.10. The van der Waals surface area contributed by atoms with E-state index in [0.29, 0.717) is 0 Å². The van der Waals surface area contributed by atoms with E-state index in [0.717, 1.165) is 32.6 Å². The molecule has 110 valence electrons. The minimum absolute atomic E-state index is 0.00279. The molecule has 0 bridgehead atoms. The summed E-state index contributed by atoms with van der Waals surface area (Å²) >= 11 is 3.44. The number of benzene rings is 2. The van der Waals surface area contributed by atoms with Gasteiger partial charge in [-0.2, -0.15) is 0 Å². The molecule has 0 fully saturated rings. The molecular formula is C17H18BrNO2. The number of hydrogen-bond donors (Lipinski definition) is 1. The topological polar surface area (TPSA) is 38.3 Å². The van der Waals surface area contributed by atoms with E-state index < -0.39 is 0 Å². The van der Waals surface area contributed by atoms with Crippen molar-refractivity contribution in [1.29, 1.82) is 0 Å². The molecule has 0 atom stereocenters. The minimum atomic E-state index is -0.166. The molecule has 1 amide bonds. The maximum Gasteiger partial charge on any atom is 0.262 e. The number of hydrogen-bond acceptors (Lipinski definition) is 2. The van der Waals surface area contributed by atoms with Gasteiger partial charge >= 0.3 is 0 Å². The molecule has 0 saturated heterocycles. The van der Waals surface area contributed by atoms with Crippen LogP contribution in [-0.2, 0) is 4.79 Å². The van der Waals surface area contributed by atoms with Gasteiger partial charge in [-0.25, -0.2) is 0 Å². The zero-order chi connectivity index (χ0) is 15.4. The van der Waals surface area contributed by atoms with Crippen LogP contribution in [0.4, 0.5) is 5.69 Å². The van der Waals surface area contributed by atoms with Gasteiger partial charge in [0.15, 0.2) is 6.61 Å². The number of rotatable bonds is 4. The first kappa shape index (κ1) is 15.6. The van der Waals surface area contributed by atoms with E-state index in [1.807, 2.05) is 57.2 Å². The highest BCUT2D eigenvalue weighted by atomic mass is 79.9. The molecule has 3 nitrogen and oxygen atoms in total. The number of amides is 1. The second kappa shape index (κ2) is 6.76. The van der Waals surface area contributed by atoms with Gasteiger partial charge in [-0.3, -0.25) is 4.79 Å². The Morgan fingerprint density at radius 3 is 2.24 bits per heavy atom. The molecule has 1 N–H and O–H groups in total.